The van der Waals surface area contributed by atoms with E-state index in [0.717, 1.165) is 21.8 Å². The van der Waals surface area contributed by atoms with E-state index in [1.54, 1.807) is 0 Å². The van der Waals surface area contributed by atoms with Crippen LogP contribution in [0, 0.1) is 0 Å². The fourth-order valence-corrected chi connectivity index (χ4v) is 7.46. The van der Waals surface area contributed by atoms with Crippen molar-refractivity contribution in [2.75, 3.05) is 18.9 Å². The molecule has 0 bridgehead atoms. The van der Waals surface area contributed by atoms with Crippen molar-refractivity contribution in [3.8, 4) is 0 Å². The number of nitrogens with one attached hydrogen (secondary N) is 1. The van der Waals surface area contributed by atoms with Gasteiger partial charge < -0.3 is 40.9 Å². The molecular weight excluding hydrogens is 664 g/mol. The normalized spacial score (nSPS) is 38.4. The van der Waals surface area contributed by atoms with Crippen LogP contribution in [0.25, 0.3) is 11.2 Å². The van der Waals surface area contributed by atoms with Gasteiger partial charge in [-0.1, -0.05) is 0 Å². The lowest BCUT2D eigenvalue weighted by molar-refractivity contribution is -0.0666. The van der Waals surface area contributed by atoms with Gasteiger partial charge in [0.25, 0.3) is 5.56 Å². The molecule has 2 unspecified atom stereocenters. The Kier molecular flexibility index (Phi) is 7.51. The van der Waals surface area contributed by atoms with Gasteiger partial charge in [-0.05, 0) is 0 Å². The number of phosphoric acid groups is 2. The number of aliphatic hydroxyl groups is 2. The van der Waals surface area contributed by atoms with Gasteiger partial charge in [0.05, 0.1) is 32.3 Å². The second kappa shape index (κ2) is 11.1. The summed E-state index contributed by atoms with van der Waals surface area (Å²) >= 11 is 0. The second-order valence-electron chi connectivity index (χ2n) is 10.6. The van der Waals surface area contributed by atoms with Gasteiger partial charge in [-0.25, -0.2) is 24.1 Å². The SMILES string of the molecule is NC1=Nc2c(ncn2[C@@H]2O[C@@H]3COP(=O)(O)O[C@H]4[C@@H](O)[C@H](n5cnc6c(=O)[nH]c(N)nc65)O[C@@H]4COP(=O)(O)O[C@H]3[C@H]2O)C(=O)C1. The predicted molar refractivity (Wildman–Crippen MR) is 146 cm³/mol. The van der Waals surface area contributed by atoms with Crippen LogP contribution in [0.5, 0.6) is 0 Å². The standard InChI is InChI=1S/C21H25N9O14P2/c22-9-1-6(31)10-16(26-9)29(4-24-10)19-12(32)14-7(41-19)2-39-46(37,38)44-15-8(3-40-45(35,36)43-14)42-20(13(15)33)30-5-25-11-17(30)27-21(23)28-18(11)34/h4-5,7-8,12-15,19-20,32-33H,1-3H2,(H2,22,26)(H,35,36)(H,37,38)(H3,23,27,28,34)/t7-,8-,12-,13-,14-,15-,19-,20-/m1/s1. The lowest BCUT2D eigenvalue weighted by atomic mass is 10.1. The van der Waals surface area contributed by atoms with Gasteiger partial charge in [0, 0.05) is 0 Å². The zero-order chi connectivity index (χ0) is 32.7. The number of Topliss-reactive ketones (excluding diaryl/α,β-unsaturated/α-hetero) is 1. The number of aromatic amines is 1. The number of phosphoric ester groups is 2. The molecular formula is C21H25N9O14P2. The third kappa shape index (κ3) is 5.39. The molecule has 0 amide bonds. The molecule has 0 spiro atoms. The summed E-state index contributed by atoms with van der Waals surface area (Å²) in [6.45, 7) is -1.72. The topological polar surface area (TPSA) is 333 Å². The summed E-state index contributed by atoms with van der Waals surface area (Å²) in [5.74, 6) is -0.812. The zero-order valence-electron chi connectivity index (χ0n) is 23.0. The van der Waals surface area contributed by atoms with Crippen LogP contribution in [0.4, 0.5) is 11.8 Å². The maximum atomic E-state index is 13.1. The first kappa shape index (κ1) is 31.2. The molecule has 7 rings (SSSR count). The van der Waals surface area contributed by atoms with E-state index in [-0.39, 0.29) is 40.9 Å². The predicted octanol–water partition coefficient (Wildman–Crippen LogP) is -2.29. The highest BCUT2D eigenvalue weighted by molar-refractivity contribution is 7.47. The van der Waals surface area contributed by atoms with Crippen molar-refractivity contribution in [2.45, 2.75) is 55.5 Å². The molecule has 25 heteroatoms. The molecule has 0 radical (unpaired) electrons. The number of carbonyl (C=O) groups is 1. The summed E-state index contributed by atoms with van der Waals surface area (Å²) in [5, 5.41) is 22.3. The maximum absolute atomic E-state index is 13.1. The van der Waals surface area contributed by atoms with Gasteiger partial charge >= 0.3 is 15.6 Å². The average molecular weight is 689 g/mol. The highest BCUT2D eigenvalue weighted by atomic mass is 31.2. The minimum Gasteiger partial charge on any atom is -0.387 e. The molecule has 4 aliphatic heterocycles. The number of ketones is 1. The monoisotopic (exact) mass is 689 g/mol. The molecule has 3 aromatic rings. The molecule has 248 valence electrons. The summed E-state index contributed by atoms with van der Waals surface area (Å²) in [6.07, 6.45) is -10.9. The minimum absolute atomic E-state index is 0.0306. The van der Waals surface area contributed by atoms with Crippen LogP contribution in [0.1, 0.15) is 29.4 Å². The number of aromatic nitrogens is 6. The third-order valence-electron chi connectivity index (χ3n) is 7.55. The Hall–Kier alpha value is -3.44. The number of ether oxygens (including phenoxy) is 2. The number of hydrogen-bond acceptors (Lipinski definition) is 18. The Morgan fingerprint density at radius 1 is 0.891 bits per heavy atom. The molecule has 3 saturated heterocycles. The Morgan fingerprint density at radius 3 is 2.07 bits per heavy atom. The number of anilines is 1. The summed E-state index contributed by atoms with van der Waals surface area (Å²) in [5.41, 5.74) is 10.3. The number of hydrogen-bond donors (Lipinski definition) is 7. The van der Waals surface area contributed by atoms with Crippen molar-refractivity contribution in [3.63, 3.8) is 0 Å². The summed E-state index contributed by atoms with van der Waals surface area (Å²) in [6, 6.07) is 0. The van der Waals surface area contributed by atoms with Gasteiger partial charge in [0.15, 0.2) is 40.9 Å². The molecule has 4 aliphatic rings. The van der Waals surface area contributed by atoms with E-state index in [1.807, 2.05) is 0 Å². The number of nitrogens with two attached hydrogens (primary N) is 2. The van der Waals surface area contributed by atoms with E-state index < -0.39 is 89.3 Å². The van der Waals surface area contributed by atoms with Gasteiger partial charge in [0.1, 0.15) is 42.5 Å². The summed E-state index contributed by atoms with van der Waals surface area (Å²) in [7, 11) is -10.2. The number of H-pyrrole nitrogens is 1. The molecule has 3 aromatic heterocycles. The molecule has 46 heavy (non-hydrogen) atoms. The molecule has 10 atom stereocenters. The van der Waals surface area contributed by atoms with Crippen LogP contribution >= 0.6 is 15.6 Å². The lowest BCUT2D eigenvalue weighted by Crippen LogP contribution is -2.39. The van der Waals surface area contributed by atoms with Gasteiger partial charge in [-0.15, -0.1) is 0 Å². The quantitative estimate of drug-likeness (QED) is 0.139. The van der Waals surface area contributed by atoms with Crippen molar-refractivity contribution >= 4 is 50.2 Å². The number of amidine groups is 1. The molecule has 0 aliphatic carbocycles. The first-order valence-electron chi connectivity index (χ1n) is 13.4. The number of carbonyl (C=O) groups excluding carboxylic acids is 1. The Labute approximate surface area is 254 Å². The number of nitrogens with zero attached hydrogens (tertiary/aromatic N) is 6. The third-order valence-corrected chi connectivity index (χ3v) is 9.52. The van der Waals surface area contributed by atoms with Crippen LogP contribution in [0.2, 0.25) is 0 Å². The molecule has 9 N–H and O–H groups in total. The number of rotatable bonds is 2. The van der Waals surface area contributed by atoms with E-state index in [0.29, 0.717) is 0 Å². The van der Waals surface area contributed by atoms with E-state index in [1.165, 1.54) is 0 Å². The Balaban J connectivity index is 1.16. The number of nitrogen functional groups attached to an aromatic ring is 1. The second-order valence-corrected chi connectivity index (χ2v) is 13.4. The molecule has 0 aromatic carbocycles. The van der Waals surface area contributed by atoms with Gasteiger partial charge in [-0.3, -0.25) is 41.8 Å². The largest absolute Gasteiger partial charge is 0.472 e. The van der Waals surface area contributed by atoms with Crippen molar-refractivity contribution in [1.82, 2.24) is 29.1 Å². The Morgan fingerprint density at radius 2 is 1.46 bits per heavy atom. The minimum atomic E-state index is -5.09. The molecule has 7 heterocycles. The van der Waals surface area contributed by atoms with Crippen LogP contribution in [0.3, 0.4) is 0 Å². The van der Waals surface area contributed by atoms with E-state index in [2.05, 4.69) is 24.9 Å². The van der Waals surface area contributed by atoms with Crippen LogP contribution in [-0.2, 0) is 36.7 Å². The van der Waals surface area contributed by atoms with Gasteiger partial charge in [-0.2, -0.15) is 4.98 Å². The van der Waals surface area contributed by atoms with E-state index in [4.69, 9.17) is 39.0 Å². The van der Waals surface area contributed by atoms with E-state index >= 15 is 0 Å². The van der Waals surface area contributed by atoms with Crippen molar-refractivity contribution in [1.29, 1.82) is 0 Å². The number of imidazole rings is 2. The Bertz CT molecular complexity index is 1910. The van der Waals surface area contributed by atoms with Gasteiger partial charge in [0.2, 0.25) is 5.95 Å². The average Bonchev–Trinajstić information content (AvgIpc) is 3.72. The van der Waals surface area contributed by atoms with Crippen LogP contribution in [-0.4, -0.2) is 111 Å². The van der Waals surface area contributed by atoms with Crippen LogP contribution < -0.4 is 17.0 Å². The molecule has 23 nitrogen and oxygen atoms in total. The summed E-state index contributed by atoms with van der Waals surface area (Å²) < 4.78 is 60.7. The first-order valence-corrected chi connectivity index (χ1v) is 16.3. The first-order chi connectivity index (χ1) is 21.7. The molecule has 0 saturated carbocycles. The maximum Gasteiger partial charge on any atom is 0.472 e. The van der Waals surface area contributed by atoms with Crippen molar-refractivity contribution < 1.29 is 61.5 Å². The number of aliphatic imine (C=N–C) groups is 1. The number of aliphatic hydroxyl groups excluding tert-OH is 2. The fraction of sp³-hybridized carbons (Fsp3) is 0.524. The van der Waals surface area contributed by atoms with Crippen molar-refractivity contribution in [3.05, 3.63) is 28.7 Å². The van der Waals surface area contributed by atoms with E-state index in [9.17, 15) is 38.7 Å². The van der Waals surface area contributed by atoms with Crippen LogP contribution in [0.15, 0.2) is 22.4 Å². The highest BCUT2D eigenvalue weighted by Crippen LogP contribution is 2.54. The zero-order valence-corrected chi connectivity index (χ0v) is 24.8. The lowest BCUT2D eigenvalue weighted by Gasteiger charge is -2.27. The summed E-state index contributed by atoms with van der Waals surface area (Å²) in [4.78, 5) is 64.0. The number of fused-ring (bicyclic) bond motifs is 4. The smallest absolute Gasteiger partial charge is 0.387 e. The van der Waals surface area contributed by atoms with Crippen molar-refractivity contribution in [2.24, 2.45) is 10.7 Å². The molecule has 3 fully saturated rings. The highest BCUT2D eigenvalue weighted by Gasteiger charge is 2.54. The fourth-order valence-electron chi connectivity index (χ4n) is 5.53.